The van der Waals surface area contributed by atoms with Crippen LogP contribution in [0.5, 0.6) is 0 Å². The number of likely N-dealkylation sites (tertiary alicyclic amines) is 1. The van der Waals surface area contributed by atoms with Crippen molar-refractivity contribution in [3.05, 3.63) is 102 Å². The first kappa shape index (κ1) is 32.8. The maximum atomic E-state index is 14.5. The number of β-amino-alcohol motifs (C(OH)–C–C–N with tert-alkyl or cyclic N) is 1. The standard InChI is InChI=1S/C36H34F3N5O4S/c1-23-3-10-29(11-4-23)49(47,48)44-22-31(24-5-7-25(8-6-24)35(46)43-20-28(45)21-43)30-17-27(19-40-34(30)44)26-9-12-33(32(18-26)36(37,38)39)42-15-13-41(2)14-16-42/h3-12,17-19,22,28,45H,13-16,20-21H2,1-2H3. The Morgan fingerprint density at radius 1 is 0.878 bits per heavy atom. The Morgan fingerprint density at radius 3 is 2.16 bits per heavy atom. The van der Waals surface area contributed by atoms with Gasteiger partial charge in [0.15, 0.2) is 5.65 Å². The van der Waals surface area contributed by atoms with Crippen LogP contribution in [-0.2, 0) is 16.2 Å². The highest BCUT2D eigenvalue weighted by molar-refractivity contribution is 7.90. The van der Waals surface area contributed by atoms with Crippen LogP contribution in [0.1, 0.15) is 21.5 Å². The molecule has 0 bridgehead atoms. The summed E-state index contributed by atoms with van der Waals surface area (Å²) in [5, 5.41) is 10.0. The van der Waals surface area contributed by atoms with Crippen molar-refractivity contribution in [2.24, 2.45) is 0 Å². The summed E-state index contributed by atoms with van der Waals surface area (Å²) in [5.74, 6) is -0.231. The van der Waals surface area contributed by atoms with Crippen LogP contribution in [0.3, 0.4) is 0 Å². The normalized spacial score (nSPS) is 16.3. The van der Waals surface area contributed by atoms with E-state index in [1.54, 1.807) is 53.4 Å². The number of carbonyl (C=O) groups excluding carboxylic acids is 1. The van der Waals surface area contributed by atoms with Gasteiger partial charge in [0.05, 0.1) is 16.6 Å². The number of aromatic nitrogens is 2. The number of aliphatic hydroxyl groups is 1. The van der Waals surface area contributed by atoms with E-state index in [9.17, 15) is 31.5 Å². The van der Waals surface area contributed by atoms with Gasteiger partial charge in [0.2, 0.25) is 0 Å². The summed E-state index contributed by atoms with van der Waals surface area (Å²) in [6, 6.07) is 19.0. The van der Waals surface area contributed by atoms with Gasteiger partial charge in [0.25, 0.3) is 15.9 Å². The molecule has 2 aliphatic heterocycles. The van der Waals surface area contributed by atoms with E-state index in [0.29, 0.717) is 53.8 Å². The third-order valence-electron chi connectivity index (χ3n) is 9.26. The van der Waals surface area contributed by atoms with Crippen molar-refractivity contribution in [2.75, 3.05) is 51.2 Å². The summed E-state index contributed by atoms with van der Waals surface area (Å²) in [7, 11) is -2.18. The van der Waals surface area contributed by atoms with Gasteiger partial charge >= 0.3 is 6.18 Å². The van der Waals surface area contributed by atoms with E-state index in [1.807, 2.05) is 14.0 Å². The minimum Gasteiger partial charge on any atom is -0.389 e. The summed E-state index contributed by atoms with van der Waals surface area (Å²) in [6.45, 7) is 4.62. The fourth-order valence-electron chi connectivity index (χ4n) is 6.34. The lowest BCUT2D eigenvalue weighted by molar-refractivity contribution is -0.137. The maximum Gasteiger partial charge on any atom is 0.418 e. The highest BCUT2D eigenvalue weighted by Gasteiger charge is 2.36. The Balaban J connectivity index is 1.34. The largest absolute Gasteiger partial charge is 0.418 e. The highest BCUT2D eigenvalue weighted by Crippen LogP contribution is 2.41. The monoisotopic (exact) mass is 689 g/mol. The van der Waals surface area contributed by atoms with E-state index in [4.69, 9.17) is 0 Å². The van der Waals surface area contributed by atoms with Crippen LogP contribution in [0.15, 0.2) is 90.1 Å². The topological polar surface area (TPSA) is 99.0 Å². The number of aliphatic hydroxyl groups excluding tert-OH is 1. The molecule has 2 fully saturated rings. The fourth-order valence-corrected chi connectivity index (χ4v) is 7.66. The summed E-state index contributed by atoms with van der Waals surface area (Å²) in [6.07, 6.45) is -2.30. The molecule has 2 aromatic heterocycles. The molecule has 5 aromatic rings. The molecule has 9 nitrogen and oxygen atoms in total. The number of likely N-dealkylation sites (N-methyl/N-ethyl adjacent to an activating group) is 1. The molecule has 4 heterocycles. The Morgan fingerprint density at radius 2 is 1.53 bits per heavy atom. The van der Waals surface area contributed by atoms with Gasteiger partial charge in [-0.2, -0.15) is 13.2 Å². The number of alkyl halides is 3. The van der Waals surface area contributed by atoms with Crippen molar-refractivity contribution in [1.82, 2.24) is 18.8 Å². The fraction of sp³-hybridized carbons (Fsp3) is 0.278. The van der Waals surface area contributed by atoms with Crippen LogP contribution in [0.25, 0.3) is 33.3 Å². The van der Waals surface area contributed by atoms with Gasteiger partial charge in [0.1, 0.15) is 0 Å². The van der Waals surface area contributed by atoms with E-state index in [-0.39, 0.29) is 40.8 Å². The second-order valence-electron chi connectivity index (χ2n) is 12.7. The number of hydrogen-bond acceptors (Lipinski definition) is 7. The summed E-state index contributed by atoms with van der Waals surface area (Å²) in [4.78, 5) is 22.8. The third-order valence-corrected chi connectivity index (χ3v) is 10.9. The first-order chi connectivity index (χ1) is 23.3. The number of carbonyl (C=O) groups is 1. The molecule has 254 valence electrons. The van der Waals surface area contributed by atoms with Crippen LogP contribution >= 0.6 is 0 Å². The van der Waals surface area contributed by atoms with E-state index < -0.39 is 27.9 Å². The molecule has 7 rings (SSSR count). The number of benzene rings is 3. The van der Waals surface area contributed by atoms with Crippen molar-refractivity contribution in [2.45, 2.75) is 24.1 Å². The second kappa shape index (κ2) is 12.3. The van der Waals surface area contributed by atoms with E-state index >= 15 is 0 Å². The molecule has 0 radical (unpaired) electrons. The summed E-state index contributed by atoms with van der Waals surface area (Å²) < 4.78 is 72.3. The van der Waals surface area contributed by atoms with E-state index in [0.717, 1.165) is 15.6 Å². The molecule has 0 saturated carbocycles. The number of rotatable bonds is 6. The first-order valence-electron chi connectivity index (χ1n) is 15.9. The van der Waals surface area contributed by atoms with Crippen molar-refractivity contribution >= 4 is 32.7 Å². The number of pyridine rings is 1. The van der Waals surface area contributed by atoms with Crippen LogP contribution in [0.4, 0.5) is 18.9 Å². The molecule has 2 aliphatic rings. The molecule has 13 heteroatoms. The van der Waals surface area contributed by atoms with Crippen molar-refractivity contribution in [1.29, 1.82) is 0 Å². The number of amides is 1. The highest BCUT2D eigenvalue weighted by atomic mass is 32.2. The van der Waals surface area contributed by atoms with Crippen LogP contribution in [0, 0.1) is 6.92 Å². The molecule has 2 saturated heterocycles. The number of anilines is 1. The van der Waals surface area contributed by atoms with Crippen molar-refractivity contribution < 1.29 is 31.5 Å². The number of fused-ring (bicyclic) bond motifs is 1. The molecule has 0 spiro atoms. The lowest BCUT2D eigenvalue weighted by Crippen LogP contribution is -2.53. The van der Waals surface area contributed by atoms with Gasteiger partial charge < -0.3 is 19.8 Å². The molecule has 49 heavy (non-hydrogen) atoms. The van der Waals surface area contributed by atoms with Gasteiger partial charge in [-0.05, 0) is 67.6 Å². The molecule has 1 N–H and O–H groups in total. The quantitative estimate of drug-likeness (QED) is 0.252. The zero-order valence-electron chi connectivity index (χ0n) is 26.9. The lowest BCUT2D eigenvalue weighted by Gasteiger charge is -2.35. The van der Waals surface area contributed by atoms with Crippen LogP contribution in [0.2, 0.25) is 0 Å². The van der Waals surface area contributed by atoms with Crippen molar-refractivity contribution in [3.8, 4) is 22.3 Å². The summed E-state index contributed by atoms with van der Waals surface area (Å²) >= 11 is 0. The van der Waals surface area contributed by atoms with Crippen LogP contribution < -0.4 is 4.90 Å². The first-order valence-corrected chi connectivity index (χ1v) is 17.3. The molecule has 1 amide bonds. The molecular formula is C36H34F3N5O4S. The Hall–Kier alpha value is -4.72. The minimum atomic E-state index is -4.60. The Kier molecular flexibility index (Phi) is 8.24. The zero-order chi connectivity index (χ0) is 34.7. The maximum absolute atomic E-state index is 14.5. The second-order valence-corrected chi connectivity index (χ2v) is 14.5. The zero-order valence-corrected chi connectivity index (χ0v) is 27.7. The molecule has 0 aliphatic carbocycles. The lowest BCUT2D eigenvalue weighted by atomic mass is 9.99. The van der Waals surface area contributed by atoms with Gasteiger partial charge in [0, 0.05) is 79.4 Å². The molecule has 0 unspecified atom stereocenters. The predicted molar refractivity (Wildman–Crippen MR) is 181 cm³/mol. The smallest absolute Gasteiger partial charge is 0.389 e. The third kappa shape index (κ3) is 6.18. The molecular weight excluding hydrogens is 655 g/mol. The van der Waals surface area contributed by atoms with E-state index in [1.165, 1.54) is 35.5 Å². The van der Waals surface area contributed by atoms with Gasteiger partial charge in [-0.15, -0.1) is 0 Å². The van der Waals surface area contributed by atoms with Crippen molar-refractivity contribution in [3.63, 3.8) is 0 Å². The number of hydrogen-bond donors (Lipinski definition) is 1. The number of nitrogens with zero attached hydrogens (tertiary/aromatic N) is 5. The predicted octanol–water partition coefficient (Wildman–Crippen LogP) is 5.50. The molecule has 0 atom stereocenters. The van der Waals surface area contributed by atoms with Gasteiger partial charge in [-0.1, -0.05) is 35.9 Å². The SMILES string of the molecule is Cc1ccc(S(=O)(=O)n2cc(-c3ccc(C(=O)N4CC(O)C4)cc3)c3cc(-c4ccc(N5CCN(C)CC5)c(C(F)(F)F)c4)cnc32)cc1. The van der Waals surface area contributed by atoms with Gasteiger partial charge in [-0.25, -0.2) is 17.4 Å². The van der Waals surface area contributed by atoms with E-state index in [2.05, 4.69) is 9.88 Å². The minimum absolute atomic E-state index is 0.0550. The average molecular weight is 690 g/mol. The number of piperazine rings is 1. The van der Waals surface area contributed by atoms with Gasteiger partial charge in [-0.3, -0.25) is 4.79 Å². The molecule has 3 aromatic carbocycles. The summed E-state index contributed by atoms with van der Waals surface area (Å²) in [5.41, 5.74) is 2.52. The number of aryl methyl sites for hydroxylation is 1. The average Bonchev–Trinajstić information content (AvgIpc) is 3.46. The Labute approximate surface area is 281 Å². The number of halogens is 3. The van der Waals surface area contributed by atoms with Crippen LogP contribution in [-0.4, -0.2) is 90.6 Å². The Bertz CT molecular complexity index is 2150.